The number of nitrogens with one attached hydrogen (secondary N) is 1. The molecule has 0 saturated heterocycles. The van der Waals surface area contributed by atoms with Crippen LogP contribution in [0.25, 0.3) is 0 Å². The minimum absolute atomic E-state index is 0.471. The second-order valence-electron chi connectivity index (χ2n) is 5.80. The predicted octanol–water partition coefficient (Wildman–Crippen LogP) is 4.30. The Labute approximate surface area is 127 Å². The van der Waals surface area contributed by atoms with Crippen LogP contribution in [-0.2, 0) is 6.54 Å². The van der Waals surface area contributed by atoms with Gasteiger partial charge in [0.1, 0.15) is 5.75 Å². The second-order valence-corrected chi connectivity index (χ2v) is 5.80. The number of nitrogens with zero attached hydrogens (tertiary/aromatic N) is 1. The van der Waals surface area contributed by atoms with E-state index in [4.69, 9.17) is 4.74 Å². The van der Waals surface area contributed by atoms with E-state index in [0.717, 1.165) is 23.4 Å². The van der Waals surface area contributed by atoms with Gasteiger partial charge in [0.25, 0.3) is 0 Å². The summed E-state index contributed by atoms with van der Waals surface area (Å²) in [6.07, 6.45) is 1.87. The number of hydrogen-bond acceptors (Lipinski definition) is 3. The lowest BCUT2D eigenvalue weighted by Crippen LogP contribution is -2.21. The molecule has 0 saturated carbocycles. The molecule has 1 aromatic heterocycles. The number of aromatic nitrogens is 1. The summed E-state index contributed by atoms with van der Waals surface area (Å²) >= 11 is 0. The van der Waals surface area contributed by atoms with Crippen LogP contribution in [0.2, 0.25) is 0 Å². The summed E-state index contributed by atoms with van der Waals surface area (Å²) in [5.41, 5.74) is 4.69. The quantitative estimate of drug-likeness (QED) is 0.889. The van der Waals surface area contributed by atoms with Crippen LogP contribution in [0.4, 0.5) is 0 Å². The Morgan fingerprint density at radius 1 is 1.05 bits per heavy atom. The summed E-state index contributed by atoms with van der Waals surface area (Å²) in [6.45, 7) is 11.3. The molecule has 1 N–H and O–H groups in total. The van der Waals surface area contributed by atoms with Crippen molar-refractivity contribution in [3.8, 4) is 11.6 Å². The smallest absolute Gasteiger partial charge is 0.219 e. The summed E-state index contributed by atoms with van der Waals surface area (Å²) in [4.78, 5) is 4.40. The van der Waals surface area contributed by atoms with E-state index in [0.29, 0.717) is 11.9 Å². The molecule has 3 heteroatoms. The first-order valence-corrected chi connectivity index (χ1v) is 7.40. The highest BCUT2D eigenvalue weighted by Gasteiger charge is 2.08. The molecule has 0 aliphatic rings. The Hall–Kier alpha value is -1.87. The van der Waals surface area contributed by atoms with Gasteiger partial charge in [-0.05, 0) is 43.0 Å². The Morgan fingerprint density at radius 3 is 2.38 bits per heavy atom. The molecule has 112 valence electrons. The van der Waals surface area contributed by atoms with Gasteiger partial charge < -0.3 is 10.1 Å². The lowest BCUT2D eigenvalue weighted by molar-refractivity contribution is 0.454. The van der Waals surface area contributed by atoms with Crippen LogP contribution >= 0.6 is 0 Å². The normalized spacial score (nSPS) is 11.0. The molecule has 3 nitrogen and oxygen atoms in total. The zero-order valence-corrected chi connectivity index (χ0v) is 13.5. The molecule has 2 aromatic rings. The first-order valence-electron chi connectivity index (χ1n) is 7.40. The molecule has 0 radical (unpaired) electrons. The number of pyridine rings is 1. The standard InChI is InChI=1S/C18H24N2O/c1-12(2)19-10-16-8-9-17(20-11-16)21-18-14(4)7-6-13(3)15(18)5/h6-9,11-12,19H,10H2,1-5H3. The van der Waals surface area contributed by atoms with Crippen molar-refractivity contribution in [3.05, 3.63) is 52.7 Å². The number of ether oxygens (including phenoxy) is 1. The fourth-order valence-corrected chi connectivity index (χ4v) is 2.08. The monoisotopic (exact) mass is 284 g/mol. The third-order valence-electron chi connectivity index (χ3n) is 3.59. The minimum Gasteiger partial charge on any atom is -0.438 e. The molecule has 1 aromatic carbocycles. The lowest BCUT2D eigenvalue weighted by Gasteiger charge is -2.13. The molecule has 21 heavy (non-hydrogen) atoms. The van der Waals surface area contributed by atoms with Gasteiger partial charge in [0, 0.05) is 24.8 Å². The molecule has 0 bridgehead atoms. The summed E-state index contributed by atoms with van der Waals surface area (Å²) in [5, 5.41) is 3.38. The van der Waals surface area contributed by atoms with E-state index in [1.165, 1.54) is 11.1 Å². The molecule has 1 heterocycles. The van der Waals surface area contributed by atoms with Crippen LogP contribution in [-0.4, -0.2) is 11.0 Å². The number of benzene rings is 1. The van der Waals surface area contributed by atoms with Crippen LogP contribution in [0, 0.1) is 20.8 Å². The third-order valence-corrected chi connectivity index (χ3v) is 3.59. The molecule has 0 amide bonds. The van der Waals surface area contributed by atoms with Crippen molar-refractivity contribution in [2.24, 2.45) is 0 Å². The molecular weight excluding hydrogens is 260 g/mol. The Bertz CT molecular complexity index is 603. The highest BCUT2D eigenvalue weighted by molar-refractivity contribution is 5.46. The Morgan fingerprint density at radius 2 is 1.76 bits per heavy atom. The van der Waals surface area contributed by atoms with Gasteiger partial charge >= 0.3 is 0 Å². The van der Waals surface area contributed by atoms with Gasteiger partial charge in [0.15, 0.2) is 0 Å². The van der Waals surface area contributed by atoms with Crippen molar-refractivity contribution in [1.29, 1.82) is 0 Å². The molecule has 0 spiro atoms. The molecule has 0 aliphatic carbocycles. The fraction of sp³-hybridized carbons (Fsp3) is 0.389. The van der Waals surface area contributed by atoms with Crippen molar-refractivity contribution >= 4 is 0 Å². The summed E-state index contributed by atoms with van der Waals surface area (Å²) in [7, 11) is 0. The summed E-state index contributed by atoms with van der Waals surface area (Å²) in [5.74, 6) is 1.55. The van der Waals surface area contributed by atoms with E-state index in [1.807, 2.05) is 12.3 Å². The maximum atomic E-state index is 5.97. The zero-order valence-electron chi connectivity index (χ0n) is 13.5. The maximum absolute atomic E-state index is 5.97. The SMILES string of the molecule is Cc1ccc(C)c(Oc2ccc(CNC(C)C)cn2)c1C. The first-order chi connectivity index (χ1) is 9.97. The zero-order chi connectivity index (χ0) is 15.4. The fourth-order valence-electron chi connectivity index (χ4n) is 2.08. The van der Waals surface area contributed by atoms with E-state index in [-0.39, 0.29) is 0 Å². The third kappa shape index (κ3) is 4.05. The average molecular weight is 284 g/mol. The van der Waals surface area contributed by atoms with Crippen LogP contribution in [0.3, 0.4) is 0 Å². The van der Waals surface area contributed by atoms with Crippen molar-refractivity contribution in [2.45, 2.75) is 47.2 Å². The van der Waals surface area contributed by atoms with E-state index in [1.54, 1.807) is 0 Å². The maximum Gasteiger partial charge on any atom is 0.219 e. The van der Waals surface area contributed by atoms with Crippen LogP contribution < -0.4 is 10.1 Å². The number of rotatable bonds is 5. The predicted molar refractivity (Wildman–Crippen MR) is 86.9 cm³/mol. The molecule has 0 unspecified atom stereocenters. The van der Waals surface area contributed by atoms with Crippen LogP contribution in [0.1, 0.15) is 36.1 Å². The second kappa shape index (κ2) is 6.72. The van der Waals surface area contributed by atoms with Gasteiger partial charge in [-0.2, -0.15) is 0 Å². The van der Waals surface area contributed by atoms with Crippen LogP contribution in [0.15, 0.2) is 30.5 Å². The van der Waals surface area contributed by atoms with Crippen molar-refractivity contribution in [1.82, 2.24) is 10.3 Å². The molecule has 0 aliphatic heterocycles. The van der Waals surface area contributed by atoms with Gasteiger partial charge in [-0.25, -0.2) is 4.98 Å². The Kier molecular flexibility index (Phi) is 4.97. The average Bonchev–Trinajstić information content (AvgIpc) is 2.47. The largest absolute Gasteiger partial charge is 0.438 e. The molecular formula is C18H24N2O. The van der Waals surface area contributed by atoms with E-state index in [2.05, 4.69) is 63.1 Å². The molecule has 2 rings (SSSR count). The first kappa shape index (κ1) is 15.5. The van der Waals surface area contributed by atoms with Gasteiger partial charge in [-0.3, -0.25) is 0 Å². The van der Waals surface area contributed by atoms with Gasteiger partial charge in [-0.1, -0.05) is 32.0 Å². The van der Waals surface area contributed by atoms with E-state index < -0.39 is 0 Å². The van der Waals surface area contributed by atoms with Crippen molar-refractivity contribution < 1.29 is 4.74 Å². The molecule has 0 fully saturated rings. The highest BCUT2D eigenvalue weighted by atomic mass is 16.5. The van der Waals surface area contributed by atoms with Gasteiger partial charge in [0.05, 0.1) is 0 Å². The highest BCUT2D eigenvalue weighted by Crippen LogP contribution is 2.29. The summed E-state index contributed by atoms with van der Waals surface area (Å²) < 4.78 is 5.97. The van der Waals surface area contributed by atoms with Gasteiger partial charge in [-0.15, -0.1) is 0 Å². The molecule has 0 atom stereocenters. The topological polar surface area (TPSA) is 34.1 Å². The van der Waals surface area contributed by atoms with Crippen LogP contribution in [0.5, 0.6) is 11.6 Å². The number of aryl methyl sites for hydroxylation is 2. The van der Waals surface area contributed by atoms with Crippen molar-refractivity contribution in [2.75, 3.05) is 0 Å². The lowest BCUT2D eigenvalue weighted by atomic mass is 10.1. The van der Waals surface area contributed by atoms with Crippen molar-refractivity contribution in [3.63, 3.8) is 0 Å². The Balaban J connectivity index is 2.12. The van der Waals surface area contributed by atoms with Gasteiger partial charge in [0.2, 0.25) is 5.88 Å². The van der Waals surface area contributed by atoms with E-state index >= 15 is 0 Å². The summed E-state index contributed by atoms with van der Waals surface area (Å²) in [6, 6.07) is 8.65. The van der Waals surface area contributed by atoms with E-state index in [9.17, 15) is 0 Å². The minimum atomic E-state index is 0.471. The number of hydrogen-bond donors (Lipinski definition) is 1.